The third-order valence-corrected chi connectivity index (χ3v) is 2.09. The van der Waals surface area contributed by atoms with Crippen molar-refractivity contribution < 1.29 is 4.79 Å². The van der Waals surface area contributed by atoms with Crippen LogP contribution in [-0.2, 0) is 7.05 Å². The van der Waals surface area contributed by atoms with Crippen molar-refractivity contribution in [2.45, 2.75) is 25.8 Å². The van der Waals surface area contributed by atoms with Gasteiger partial charge in [-0.15, -0.1) is 5.10 Å². The number of nitrogens with two attached hydrogens (primary N) is 1. The molecule has 1 aromatic heterocycles. The smallest absolute Gasteiger partial charge is 0.204 e. The molecule has 0 aliphatic rings. The molecule has 0 fully saturated rings. The molecule has 0 radical (unpaired) electrons. The van der Waals surface area contributed by atoms with Crippen LogP contribution in [0.4, 0.5) is 0 Å². The van der Waals surface area contributed by atoms with Gasteiger partial charge in [0.2, 0.25) is 5.78 Å². The lowest BCUT2D eigenvalue weighted by Gasteiger charge is -2.18. The number of aryl methyl sites for hydroxylation is 1. The molecular formula is C8H14N4O. The quantitative estimate of drug-likeness (QED) is 0.674. The Hall–Kier alpha value is -1.23. The Balaban J connectivity index is 2.91. The monoisotopic (exact) mass is 182 g/mol. The van der Waals surface area contributed by atoms with Gasteiger partial charge in [0.15, 0.2) is 5.69 Å². The van der Waals surface area contributed by atoms with Crippen LogP contribution >= 0.6 is 0 Å². The van der Waals surface area contributed by atoms with Gasteiger partial charge in [-0.05, 0) is 13.3 Å². The van der Waals surface area contributed by atoms with E-state index < -0.39 is 5.54 Å². The van der Waals surface area contributed by atoms with Crippen LogP contribution in [0.15, 0.2) is 6.20 Å². The minimum Gasteiger partial charge on any atom is -0.319 e. The van der Waals surface area contributed by atoms with E-state index in [1.165, 1.54) is 4.68 Å². The molecule has 5 heteroatoms. The lowest BCUT2D eigenvalue weighted by atomic mass is 9.93. The molecule has 2 N–H and O–H groups in total. The van der Waals surface area contributed by atoms with Crippen molar-refractivity contribution in [3.8, 4) is 0 Å². The van der Waals surface area contributed by atoms with Crippen molar-refractivity contribution in [3.05, 3.63) is 11.9 Å². The molecule has 5 nitrogen and oxygen atoms in total. The Kier molecular flexibility index (Phi) is 2.47. The number of hydrogen-bond donors (Lipinski definition) is 1. The molecule has 0 spiro atoms. The fourth-order valence-corrected chi connectivity index (χ4v) is 0.905. The summed E-state index contributed by atoms with van der Waals surface area (Å²) in [4.78, 5) is 11.7. The Morgan fingerprint density at radius 1 is 1.77 bits per heavy atom. The van der Waals surface area contributed by atoms with Crippen molar-refractivity contribution in [1.29, 1.82) is 0 Å². The first kappa shape index (κ1) is 9.85. The molecule has 0 aromatic carbocycles. The molecule has 1 heterocycles. The Labute approximate surface area is 76.9 Å². The molecule has 13 heavy (non-hydrogen) atoms. The minimum absolute atomic E-state index is 0.164. The summed E-state index contributed by atoms with van der Waals surface area (Å²) in [6, 6.07) is 0. The van der Waals surface area contributed by atoms with Gasteiger partial charge in [-0.3, -0.25) is 9.48 Å². The lowest BCUT2D eigenvalue weighted by molar-refractivity contribution is 0.0892. The van der Waals surface area contributed by atoms with Gasteiger partial charge in [0.25, 0.3) is 0 Å². The van der Waals surface area contributed by atoms with E-state index in [-0.39, 0.29) is 5.78 Å². The van der Waals surface area contributed by atoms with E-state index >= 15 is 0 Å². The predicted octanol–water partition coefficient (Wildman–Crippen LogP) is 0.125. The zero-order valence-corrected chi connectivity index (χ0v) is 8.11. The minimum atomic E-state index is -0.837. The first-order chi connectivity index (χ1) is 5.97. The Morgan fingerprint density at radius 3 is 2.77 bits per heavy atom. The average Bonchev–Trinajstić information content (AvgIpc) is 2.50. The second-order valence-corrected chi connectivity index (χ2v) is 3.38. The summed E-state index contributed by atoms with van der Waals surface area (Å²) < 4.78 is 1.49. The molecule has 0 amide bonds. The van der Waals surface area contributed by atoms with Crippen molar-refractivity contribution in [3.63, 3.8) is 0 Å². The SMILES string of the molecule is CCC(C)(N)C(=O)c1cn(C)nn1. The maximum absolute atomic E-state index is 11.7. The summed E-state index contributed by atoms with van der Waals surface area (Å²) in [5, 5.41) is 7.39. The molecule has 1 unspecified atom stereocenters. The van der Waals surface area contributed by atoms with Crippen LogP contribution in [0.5, 0.6) is 0 Å². The third-order valence-electron chi connectivity index (χ3n) is 2.09. The van der Waals surface area contributed by atoms with Gasteiger partial charge >= 0.3 is 0 Å². The lowest BCUT2D eigenvalue weighted by Crippen LogP contribution is -2.44. The van der Waals surface area contributed by atoms with Gasteiger partial charge < -0.3 is 5.73 Å². The molecule has 1 aromatic rings. The molecule has 1 rings (SSSR count). The van der Waals surface area contributed by atoms with E-state index in [1.54, 1.807) is 20.2 Å². The largest absolute Gasteiger partial charge is 0.319 e. The normalized spacial score (nSPS) is 15.4. The third kappa shape index (κ3) is 1.92. The Morgan fingerprint density at radius 2 is 2.38 bits per heavy atom. The molecule has 0 bridgehead atoms. The second-order valence-electron chi connectivity index (χ2n) is 3.38. The van der Waals surface area contributed by atoms with Crippen molar-refractivity contribution in [1.82, 2.24) is 15.0 Å². The van der Waals surface area contributed by atoms with Gasteiger partial charge in [-0.25, -0.2) is 0 Å². The summed E-state index contributed by atoms with van der Waals surface area (Å²) in [7, 11) is 1.71. The van der Waals surface area contributed by atoms with Crippen LogP contribution in [0.1, 0.15) is 30.8 Å². The number of ketones is 1. The Bertz CT molecular complexity index is 316. The van der Waals surface area contributed by atoms with Crippen LogP contribution in [0.3, 0.4) is 0 Å². The van der Waals surface area contributed by atoms with Crippen LogP contribution < -0.4 is 5.73 Å². The number of Topliss-reactive ketones (excluding diaryl/α,β-unsaturated/α-hetero) is 1. The van der Waals surface area contributed by atoms with Gasteiger partial charge in [-0.1, -0.05) is 12.1 Å². The van der Waals surface area contributed by atoms with Crippen LogP contribution in [0.2, 0.25) is 0 Å². The highest BCUT2D eigenvalue weighted by Crippen LogP contribution is 2.11. The highest BCUT2D eigenvalue weighted by molar-refractivity contribution is 6.00. The second kappa shape index (κ2) is 3.26. The van der Waals surface area contributed by atoms with Crippen LogP contribution in [0.25, 0.3) is 0 Å². The number of carbonyl (C=O) groups excluding carboxylic acids is 1. The molecular weight excluding hydrogens is 168 g/mol. The zero-order valence-electron chi connectivity index (χ0n) is 8.11. The molecule has 0 aliphatic heterocycles. The highest BCUT2D eigenvalue weighted by Gasteiger charge is 2.29. The fourth-order valence-electron chi connectivity index (χ4n) is 0.905. The molecule has 72 valence electrons. The van der Waals surface area contributed by atoms with Gasteiger partial charge in [-0.2, -0.15) is 0 Å². The average molecular weight is 182 g/mol. The summed E-state index contributed by atoms with van der Waals surface area (Å²) >= 11 is 0. The summed E-state index contributed by atoms with van der Waals surface area (Å²) in [5.41, 5.74) is 5.27. The predicted molar refractivity (Wildman–Crippen MR) is 48.2 cm³/mol. The first-order valence-electron chi connectivity index (χ1n) is 4.17. The van der Waals surface area contributed by atoms with E-state index in [0.29, 0.717) is 12.1 Å². The van der Waals surface area contributed by atoms with Gasteiger partial charge in [0.1, 0.15) is 0 Å². The number of aromatic nitrogens is 3. The number of hydrogen-bond acceptors (Lipinski definition) is 4. The highest BCUT2D eigenvalue weighted by atomic mass is 16.1. The van der Waals surface area contributed by atoms with E-state index in [9.17, 15) is 4.79 Å². The number of nitrogens with zero attached hydrogens (tertiary/aromatic N) is 3. The maximum Gasteiger partial charge on any atom is 0.204 e. The standard InChI is InChI=1S/C8H14N4O/c1-4-8(2,9)7(13)6-5-12(3)11-10-6/h5H,4,9H2,1-3H3. The first-order valence-corrected chi connectivity index (χ1v) is 4.17. The molecule has 0 saturated carbocycles. The summed E-state index contributed by atoms with van der Waals surface area (Å²) in [6.07, 6.45) is 2.16. The van der Waals surface area contributed by atoms with E-state index in [4.69, 9.17) is 5.73 Å². The number of carbonyl (C=O) groups is 1. The number of rotatable bonds is 3. The van der Waals surface area contributed by atoms with E-state index in [2.05, 4.69) is 10.3 Å². The fraction of sp³-hybridized carbons (Fsp3) is 0.625. The maximum atomic E-state index is 11.7. The summed E-state index contributed by atoms with van der Waals surface area (Å²) in [5.74, 6) is -0.164. The van der Waals surface area contributed by atoms with E-state index in [1.807, 2.05) is 6.92 Å². The van der Waals surface area contributed by atoms with Crippen molar-refractivity contribution >= 4 is 5.78 Å². The van der Waals surface area contributed by atoms with E-state index in [0.717, 1.165) is 0 Å². The van der Waals surface area contributed by atoms with Crippen molar-refractivity contribution in [2.75, 3.05) is 0 Å². The van der Waals surface area contributed by atoms with Gasteiger partial charge in [0, 0.05) is 7.05 Å². The summed E-state index contributed by atoms with van der Waals surface area (Å²) in [6.45, 7) is 3.57. The van der Waals surface area contributed by atoms with Crippen LogP contribution in [-0.4, -0.2) is 26.3 Å². The zero-order chi connectivity index (χ0) is 10.1. The topological polar surface area (TPSA) is 73.8 Å². The van der Waals surface area contributed by atoms with Crippen LogP contribution in [0, 0.1) is 0 Å². The van der Waals surface area contributed by atoms with Gasteiger partial charge in [0.05, 0.1) is 11.7 Å². The molecule has 0 saturated heterocycles. The van der Waals surface area contributed by atoms with Crippen molar-refractivity contribution in [2.24, 2.45) is 12.8 Å². The molecule has 1 atom stereocenters. The molecule has 0 aliphatic carbocycles.